The van der Waals surface area contributed by atoms with Crippen LogP contribution in [0, 0.1) is 0 Å². The number of nitrogens with zero attached hydrogens (tertiary/aromatic N) is 2. The minimum atomic E-state index is -4.71. The van der Waals surface area contributed by atoms with Crippen LogP contribution in [0.25, 0.3) is 11.4 Å². The van der Waals surface area contributed by atoms with Crippen molar-refractivity contribution in [2.24, 2.45) is 0 Å². The van der Waals surface area contributed by atoms with E-state index >= 15 is 0 Å². The molecule has 24 heavy (non-hydrogen) atoms. The molecule has 0 aliphatic heterocycles. The number of aromatic nitrogens is 2. The molecule has 0 spiro atoms. The highest BCUT2D eigenvalue weighted by molar-refractivity contribution is 7.85. The Labute approximate surface area is 141 Å². The lowest BCUT2D eigenvalue weighted by Crippen LogP contribution is -2.04. The zero-order valence-electron chi connectivity index (χ0n) is 11.7. The number of rotatable bonds is 3. The highest BCUT2D eigenvalue weighted by atomic mass is 35.5. The number of alkyl halides is 3. The zero-order valence-corrected chi connectivity index (χ0v) is 13.3. The largest absolute Gasteiger partial charge is 0.471 e. The van der Waals surface area contributed by atoms with Crippen LogP contribution in [-0.2, 0) is 17.0 Å². The second-order valence-electron chi connectivity index (χ2n) is 4.67. The van der Waals surface area contributed by atoms with Crippen LogP contribution in [0.2, 0.25) is 5.02 Å². The van der Waals surface area contributed by atoms with Crippen LogP contribution in [0.3, 0.4) is 0 Å². The molecule has 1 atom stereocenters. The van der Waals surface area contributed by atoms with Gasteiger partial charge in [0.15, 0.2) is 0 Å². The third-order valence-corrected chi connectivity index (χ3v) is 4.64. The maximum absolute atomic E-state index is 12.5. The summed E-state index contributed by atoms with van der Waals surface area (Å²) in [4.78, 5) is 4.23. The molecule has 1 unspecified atom stereocenters. The van der Waals surface area contributed by atoms with Crippen molar-refractivity contribution < 1.29 is 21.9 Å². The molecule has 4 nitrogen and oxygen atoms in total. The van der Waals surface area contributed by atoms with Gasteiger partial charge in [-0.1, -0.05) is 28.9 Å². The summed E-state index contributed by atoms with van der Waals surface area (Å²) in [7, 11) is -1.52. The van der Waals surface area contributed by atoms with Crippen LogP contribution >= 0.6 is 11.6 Å². The second kappa shape index (κ2) is 6.37. The van der Waals surface area contributed by atoms with Gasteiger partial charge in [0, 0.05) is 20.4 Å². The van der Waals surface area contributed by atoms with Crippen molar-refractivity contribution in [3.05, 3.63) is 59.4 Å². The van der Waals surface area contributed by atoms with Crippen LogP contribution in [0.15, 0.2) is 62.8 Å². The van der Waals surface area contributed by atoms with Gasteiger partial charge >= 0.3 is 12.1 Å². The topological polar surface area (TPSA) is 56.0 Å². The standard InChI is InChI=1S/C15H8ClF3N2O2S/c16-10-4-6-11(7-5-10)24(22)12-3-1-2-9(8-12)13-20-14(23-21-13)15(17,18)19/h1-8H. The van der Waals surface area contributed by atoms with Crippen molar-refractivity contribution in [1.29, 1.82) is 0 Å². The molecule has 0 bridgehead atoms. The average Bonchev–Trinajstić information content (AvgIpc) is 3.05. The molecular weight excluding hydrogens is 365 g/mol. The van der Waals surface area contributed by atoms with Gasteiger partial charge in [0.2, 0.25) is 5.82 Å². The summed E-state index contributed by atoms with van der Waals surface area (Å²) in [5.41, 5.74) is 0.272. The molecule has 1 heterocycles. The molecule has 0 saturated carbocycles. The maximum atomic E-state index is 12.5. The average molecular weight is 373 g/mol. The number of benzene rings is 2. The molecule has 0 fully saturated rings. The molecule has 0 N–H and O–H groups in total. The Hall–Kier alpha value is -2.19. The van der Waals surface area contributed by atoms with E-state index in [1.54, 1.807) is 36.4 Å². The molecule has 0 radical (unpaired) electrons. The summed E-state index contributed by atoms with van der Waals surface area (Å²) < 4.78 is 54.3. The van der Waals surface area contributed by atoms with Gasteiger partial charge in [0.1, 0.15) is 0 Å². The quantitative estimate of drug-likeness (QED) is 0.675. The van der Waals surface area contributed by atoms with Crippen LogP contribution in [0.5, 0.6) is 0 Å². The second-order valence-corrected chi connectivity index (χ2v) is 6.59. The van der Waals surface area contributed by atoms with Gasteiger partial charge in [-0.2, -0.15) is 18.2 Å². The summed E-state index contributed by atoms with van der Waals surface area (Å²) in [6.45, 7) is 0. The highest BCUT2D eigenvalue weighted by Gasteiger charge is 2.38. The molecule has 3 aromatic rings. The summed E-state index contributed by atoms with van der Waals surface area (Å²) in [5, 5.41) is 3.83. The Balaban J connectivity index is 1.93. The van der Waals surface area contributed by atoms with E-state index in [1.165, 1.54) is 12.1 Å². The van der Waals surface area contributed by atoms with E-state index in [9.17, 15) is 17.4 Å². The molecule has 124 valence electrons. The van der Waals surface area contributed by atoms with Gasteiger partial charge in [-0.05, 0) is 36.4 Å². The minimum absolute atomic E-state index is 0.225. The Kier molecular flexibility index (Phi) is 4.42. The third-order valence-electron chi connectivity index (χ3n) is 3.00. The summed E-state index contributed by atoms with van der Waals surface area (Å²) in [5.74, 6) is -1.65. The van der Waals surface area contributed by atoms with Crippen molar-refractivity contribution in [1.82, 2.24) is 10.1 Å². The van der Waals surface area contributed by atoms with E-state index in [-0.39, 0.29) is 11.4 Å². The van der Waals surface area contributed by atoms with E-state index in [1.807, 2.05) is 0 Å². The maximum Gasteiger partial charge on any atom is 0.471 e. The lowest BCUT2D eigenvalue weighted by molar-refractivity contribution is -0.159. The van der Waals surface area contributed by atoms with Crippen molar-refractivity contribution in [2.75, 3.05) is 0 Å². The molecule has 0 aliphatic rings. The Morgan fingerprint density at radius 1 is 1.04 bits per heavy atom. The zero-order chi connectivity index (χ0) is 17.3. The molecule has 9 heteroatoms. The van der Waals surface area contributed by atoms with Crippen LogP contribution < -0.4 is 0 Å². The number of hydrogen-bond acceptors (Lipinski definition) is 4. The first-order valence-corrected chi connectivity index (χ1v) is 8.06. The fraction of sp³-hybridized carbons (Fsp3) is 0.0667. The monoisotopic (exact) mass is 372 g/mol. The number of halogens is 4. The summed E-state index contributed by atoms with van der Waals surface area (Å²) in [6.07, 6.45) is -4.71. The van der Waals surface area contributed by atoms with E-state index in [4.69, 9.17) is 11.6 Å². The Morgan fingerprint density at radius 2 is 1.75 bits per heavy atom. The van der Waals surface area contributed by atoms with Gasteiger partial charge < -0.3 is 4.52 Å². The van der Waals surface area contributed by atoms with Gasteiger partial charge in [-0.3, -0.25) is 0 Å². The van der Waals surface area contributed by atoms with Gasteiger partial charge in [0.25, 0.3) is 0 Å². The van der Waals surface area contributed by atoms with E-state index in [2.05, 4.69) is 14.7 Å². The lowest BCUT2D eigenvalue weighted by Gasteiger charge is -2.04. The normalized spacial score (nSPS) is 13.0. The summed E-state index contributed by atoms with van der Waals surface area (Å²) in [6, 6.07) is 12.5. The smallest absolute Gasteiger partial charge is 0.329 e. The Bertz CT molecular complexity index is 894. The molecule has 0 amide bonds. The molecule has 0 aliphatic carbocycles. The van der Waals surface area contributed by atoms with E-state index < -0.39 is 22.9 Å². The first-order chi connectivity index (χ1) is 11.3. The number of hydrogen-bond donors (Lipinski definition) is 0. The van der Waals surface area contributed by atoms with Gasteiger partial charge in [-0.25, -0.2) is 4.21 Å². The predicted molar refractivity (Wildman–Crippen MR) is 80.9 cm³/mol. The van der Waals surface area contributed by atoms with Crippen LogP contribution in [0.4, 0.5) is 13.2 Å². The SMILES string of the molecule is O=S(c1ccc(Cl)cc1)c1cccc(-c2noc(C(F)(F)F)n2)c1. The fourth-order valence-electron chi connectivity index (χ4n) is 1.90. The molecule has 2 aromatic carbocycles. The lowest BCUT2D eigenvalue weighted by atomic mass is 10.2. The summed E-state index contributed by atoms with van der Waals surface area (Å²) >= 11 is 5.79. The Morgan fingerprint density at radius 3 is 2.38 bits per heavy atom. The van der Waals surface area contributed by atoms with Crippen LogP contribution in [-0.4, -0.2) is 14.3 Å². The minimum Gasteiger partial charge on any atom is -0.329 e. The molecule has 0 saturated heterocycles. The van der Waals surface area contributed by atoms with Gasteiger partial charge in [-0.15, -0.1) is 0 Å². The third kappa shape index (κ3) is 3.49. The molecule has 1 aromatic heterocycles. The van der Waals surface area contributed by atoms with Crippen LogP contribution in [0.1, 0.15) is 5.89 Å². The van der Waals surface area contributed by atoms with Crippen molar-refractivity contribution >= 4 is 22.4 Å². The van der Waals surface area contributed by atoms with E-state index in [0.717, 1.165) is 0 Å². The highest BCUT2D eigenvalue weighted by Crippen LogP contribution is 2.30. The van der Waals surface area contributed by atoms with Crippen molar-refractivity contribution in [3.63, 3.8) is 0 Å². The first-order valence-electron chi connectivity index (χ1n) is 6.53. The van der Waals surface area contributed by atoms with Crippen molar-refractivity contribution in [2.45, 2.75) is 16.0 Å². The molecule has 3 rings (SSSR count). The van der Waals surface area contributed by atoms with Gasteiger partial charge in [0.05, 0.1) is 10.8 Å². The predicted octanol–water partition coefficient (Wildman–Crippen LogP) is 4.58. The van der Waals surface area contributed by atoms with Crippen molar-refractivity contribution in [3.8, 4) is 11.4 Å². The molecular formula is C15H8ClF3N2O2S. The fourth-order valence-corrected chi connectivity index (χ4v) is 3.12. The first kappa shape index (κ1) is 16.7. The van der Waals surface area contributed by atoms with E-state index in [0.29, 0.717) is 14.8 Å².